The van der Waals surface area contributed by atoms with E-state index in [-0.39, 0.29) is 5.82 Å². The number of carbonyl (C=O) groups is 1. The predicted octanol–water partition coefficient (Wildman–Crippen LogP) is 2.30. The molecule has 1 aromatic carbocycles. The van der Waals surface area contributed by atoms with Gasteiger partial charge in [0.1, 0.15) is 5.82 Å². The molecule has 0 radical (unpaired) electrons. The highest BCUT2D eigenvalue weighted by atomic mass is 16.3. The maximum absolute atomic E-state index is 12.3. The molecule has 0 aliphatic rings. The van der Waals surface area contributed by atoms with Crippen molar-refractivity contribution in [3.8, 4) is 0 Å². The lowest BCUT2D eigenvalue weighted by Gasteiger charge is -2.30. The molecule has 24 heavy (non-hydrogen) atoms. The summed E-state index contributed by atoms with van der Waals surface area (Å²) < 4.78 is 0. The Labute approximate surface area is 140 Å². The number of nitrogens with two attached hydrogens (primary N) is 1. The third kappa shape index (κ3) is 4.30. The first-order chi connectivity index (χ1) is 11.3. The van der Waals surface area contributed by atoms with Crippen molar-refractivity contribution in [2.45, 2.75) is 25.5 Å². The van der Waals surface area contributed by atoms with Crippen LogP contribution >= 0.6 is 0 Å². The number of hydrogen-bond donors (Lipinski definition) is 5. The van der Waals surface area contributed by atoms with Crippen LogP contribution in [-0.4, -0.2) is 27.9 Å². The highest BCUT2D eigenvalue weighted by Crippen LogP contribution is 2.25. The third-order valence-electron chi connectivity index (χ3n) is 3.48. The van der Waals surface area contributed by atoms with E-state index in [1.54, 1.807) is 13.8 Å². The maximum Gasteiger partial charge on any atom is 0.320 e. The molecule has 1 unspecified atom stereocenters. The van der Waals surface area contributed by atoms with Crippen molar-refractivity contribution in [3.05, 3.63) is 53.7 Å². The molecule has 2 rings (SSSR count). The molecule has 0 aliphatic heterocycles. The van der Waals surface area contributed by atoms with E-state index in [4.69, 9.17) is 11.1 Å². The third-order valence-corrected chi connectivity index (χ3v) is 3.48. The standard InChI is InChI=1S/C17H21N5O2/c1-17(2,24)15(11-6-4-3-5-7-11)22-16(23)21-14-8-12(9-18)13(19)10-20-14/h3-10,15,18,24H,19H2,1-2H3,(H2,20,21,22,23). The van der Waals surface area contributed by atoms with Crippen molar-refractivity contribution in [1.29, 1.82) is 5.41 Å². The molecule has 7 nitrogen and oxygen atoms in total. The van der Waals surface area contributed by atoms with Crippen molar-refractivity contribution in [2.75, 3.05) is 11.1 Å². The first-order valence-electron chi connectivity index (χ1n) is 7.42. The summed E-state index contributed by atoms with van der Waals surface area (Å²) in [7, 11) is 0. The number of hydrogen-bond acceptors (Lipinski definition) is 5. The van der Waals surface area contributed by atoms with Gasteiger partial charge in [-0.2, -0.15) is 0 Å². The Balaban J connectivity index is 2.15. The van der Waals surface area contributed by atoms with Crippen LogP contribution in [0.5, 0.6) is 0 Å². The molecule has 6 N–H and O–H groups in total. The first-order valence-corrected chi connectivity index (χ1v) is 7.42. The highest BCUT2D eigenvalue weighted by Gasteiger charge is 2.29. The number of aliphatic hydroxyl groups is 1. The van der Waals surface area contributed by atoms with Gasteiger partial charge in [-0.1, -0.05) is 30.3 Å². The van der Waals surface area contributed by atoms with Crippen molar-refractivity contribution in [3.63, 3.8) is 0 Å². The average Bonchev–Trinajstić information content (AvgIpc) is 2.54. The van der Waals surface area contributed by atoms with Gasteiger partial charge in [0.2, 0.25) is 0 Å². The number of carbonyl (C=O) groups excluding carboxylic acids is 1. The average molecular weight is 327 g/mol. The van der Waals surface area contributed by atoms with Gasteiger partial charge in [0.15, 0.2) is 0 Å². The van der Waals surface area contributed by atoms with Crippen molar-refractivity contribution in [1.82, 2.24) is 10.3 Å². The number of urea groups is 1. The monoisotopic (exact) mass is 327 g/mol. The van der Waals surface area contributed by atoms with E-state index in [2.05, 4.69) is 15.6 Å². The van der Waals surface area contributed by atoms with Crippen LogP contribution in [0.4, 0.5) is 16.3 Å². The lowest BCUT2D eigenvalue weighted by Crippen LogP contribution is -2.43. The summed E-state index contributed by atoms with van der Waals surface area (Å²) in [4.78, 5) is 16.3. The lowest BCUT2D eigenvalue weighted by atomic mass is 9.92. The molecule has 1 atom stereocenters. The van der Waals surface area contributed by atoms with Gasteiger partial charge in [0, 0.05) is 11.8 Å². The zero-order valence-electron chi connectivity index (χ0n) is 13.6. The minimum absolute atomic E-state index is 0.266. The molecule has 1 heterocycles. The molecule has 7 heteroatoms. The normalized spacial score (nSPS) is 12.3. The summed E-state index contributed by atoms with van der Waals surface area (Å²) in [6.45, 7) is 3.25. The number of nitrogen functional groups attached to an aromatic ring is 1. The van der Waals surface area contributed by atoms with E-state index in [1.165, 1.54) is 12.3 Å². The fourth-order valence-electron chi connectivity index (χ4n) is 2.27. The Morgan fingerprint density at radius 1 is 1.38 bits per heavy atom. The second kappa shape index (κ2) is 7.10. The van der Waals surface area contributed by atoms with Crippen molar-refractivity contribution >= 4 is 23.8 Å². The van der Waals surface area contributed by atoms with E-state index in [0.717, 1.165) is 11.8 Å². The SMILES string of the molecule is CC(C)(O)C(NC(=O)Nc1cc(C=N)c(N)cn1)c1ccccc1. The van der Waals surface area contributed by atoms with Gasteiger partial charge in [-0.05, 0) is 25.5 Å². The molecular formula is C17H21N5O2. The Bertz CT molecular complexity index is 726. The molecule has 0 aliphatic carbocycles. The number of benzene rings is 1. The van der Waals surface area contributed by atoms with Crippen LogP contribution in [0.2, 0.25) is 0 Å². The van der Waals surface area contributed by atoms with E-state index < -0.39 is 17.7 Å². The number of pyridine rings is 1. The molecule has 2 aromatic rings. The first kappa shape index (κ1) is 17.4. The van der Waals surface area contributed by atoms with Gasteiger partial charge in [0.25, 0.3) is 0 Å². The van der Waals surface area contributed by atoms with Crippen LogP contribution in [0.25, 0.3) is 0 Å². The molecule has 1 aromatic heterocycles. The molecule has 0 spiro atoms. The summed E-state index contributed by atoms with van der Waals surface area (Å²) in [5, 5.41) is 23.0. The molecular weight excluding hydrogens is 306 g/mol. The van der Waals surface area contributed by atoms with Gasteiger partial charge in [-0.3, -0.25) is 5.32 Å². The van der Waals surface area contributed by atoms with Crippen LogP contribution in [0.3, 0.4) is 0 Å². The van der Waals surface area contributed by atoms with Crippen LogP contribution in [-0.2, 0) is 0 Å². The Morgan fingerprint density at radius 3 is 2.62 bits per heavy atom. The van der Waals surface area contributed by atoms with Crippen LogP contribution in [0.15, 0.2) is 42.6 Å². The van der Waals surface area contributed by atoms with E-state index in [9.17, 15) is 9.90 Å². The minimum Gasteiger partial charge on any atom is -0.397 e. The number of anilines is 2. The van der Waals surface area contributed by atoms with Gasteiger partial charge >= 0.3 is 6.03 Å². The number of nitrogens with zero attached hydrogens (tertiary/aromatic N) is 1. The molecule has 0 saturated heterocycles. The van der Waals surface area contributed by atoms with Gasteiger partial charge in [-0.15, -0.1) is 0 Å². The molecule has 0 fully saturated rings. The number of amides is 2. The number of aromatic nitrogens is 1. The molecule has 0 saturated carbocycles. The Kier molecular flexibility index (Phi) is 5.15. The summed E-state index contributed by atoms with van der Waals surface area (Å²) >= 11 is 0. The summed E-state index contributed by atoms with van der Waals surface area (Å²) in [6, 6.07) is 9.59. The topological polar surface area (TPSA) is 124 Å². The second-order valence-electron chi connectivity index (χ2n) is 5.94. The molecule has 0 bridgehead atoms. The minimum atomic E-state index is -1.16. The van der Waals surface area contributed by atoms with E-state index in [1.807, 2.05) is 30.3 Å². The molecule has 126 valence electrons. The summed E-state index contributed by atoms with van der Waals surface area (Å²) in [6.07, 6.45) is 2.46. The quantitative estimate of drug-likeness (QED) is 0.540. The van der Waals surface area contributed by atoms with Gasteiger partial charge in [-0.25, -0.2) is 9.78 Å². The van der Waals surface area contributed by atoms with Crippen LogP contribution in [0, 0.1) is 5.41 Å². The van der Waals surface area contributed by atoms with Crippen molar-refractivity contribution in [2.24, 2.45) is 0 Å². The van der Waals surface area contributed by atoms with Gasteiger partial charge in [0.05, 0.1) is 23.5 Å². The van der Waals surface area contributed by atoms with E-state index in [0.29, 0.717) is 11.3 Å². The smallest absolute Gasteiger partial charge is 0.320 e. The van der Waals surface area contributed by atoms with E-state index >= 15 is 0 Å². The zero-order valence-corrected chi connectivity index (χ0v) is 13.6. The Hall–Kier alpha value is -2.93. The summed E-state index contributed by atoms with van der Waals surface area (Å²) in [5.74, 6) is 0.266. The number of rotatable bonds is 5. The molecule has 2 amide bonds. The highest BCUT2D eigenvalue weighted by molar-refractivity contribution is 5.91. The Morgan fingerprint density at radius 2 is 2.04 bits per heavy atom. The fraction of sp³-hybridized carbons (Fsp3) is 0.235. The predicted molar refractivity (Wildman–Crippen MR) is 94.2 cm³/mol. The number of nitrogens with one attached hydrogen (secondary N) is 3. The zero-order chi connectivity index (χ0) is 17.7. The van der Waals surface area contributed by atoms with Crippen molar-refractivity contribution < 1.29 is 9.90 Å². The lowest BCUT2D eigenvalue weighted by molar-refractivity contribution is 0.0415. The van der Waals surface area contributed by atoms with Crippen LogP contribution in [0.1, 0.15) is 31.0 Å². The fourth-order valence-corrected chi connectivity index (χ4v) is 2.27. The van der Waals surface area contributed by atoms with Gasteiger partial charge < -0.3 is 21.6 Å². The van der Waals surface area contributed by atoms with Crippen LogP contribution < -0.4 is 16.4 Å². The second-order valence-corrected chi connectivity index (χ2v) is 5.94. The largest absolute Gasteiger partial charge is 0.397 e. The maximum atomic E-state index is 12.3. The summed E-state index contributed by atoms with van der Waals surface area (Å²) in [5.41, 5.74) is 6.11.